The minimum atomic E-state index is -0.782. The van der Waals surface area contributed by atoms with E-state index >= 15 is 0 Å². The van der Waals surface area contributed by atoms with Crippen LogP contribution in [0.5, 0.6) is 0 Å². The van der Waals surface area contributed by atoms with E-state index in [0.29, 0.717) is 18.7 Å². The highest BCUT2D eigenvalue weighted by molar-refractivity contribution is 5.70. The van der Waals surface area contributed by atoms with E-state index in [1.807, 2.05) is 0 Å². The highest BCUT2D eigenvalue weighted by Gasteiger charge is 2.31. The predicted octanol–water partition coefficient (Wildman–Crippen LogP) is -1.62. The Morgan fingerprint density at radius 3 is 3.10 bits per heavy atom. The maximum atomic E-state index is 11.7. The van der Waals surface area contributed by atoms with Crippen molar-refractivity contribution in [3.05, 3.63) is 16.7 Å². The number of hydrogen-bond donors (Lipinski definition) is 4. The Balaban J connectivity index is 1.97. The molecule has 20 heavy (non-hydrogen) atoms. The van der Waals surface area contributed by atoms with E-state index in [0.717, 1.165) is 0 Å². The topological polar surface area (TPSA) is 139 Å². The molecule has 108 valence electrons. The third-order valence-corrected chi connectivity index (χ3v) is 3.47. The number of ether oxygens (including phenoxy) is 1. The molecule has 0 bridgehead atoms. The van der Waals surface area contributed by atoms with Crippen molar-refractivity contribution in [2.24, 2.45) is 0 Å². The van der Waals surface area contributed by atoms with E-state index in [1.54, 1.807) is 4.57 Å². The van der Waals surface area contributed by atoms with Gasteiger partial charge in [-0.2, -0.15) is 4.98 Å². The molecule has 1 fully saturated rings. The first-order valence-corrected chi connectivity index (χ1v) is 6.23. The van der Waals surface area contributed by atoms with E-state index in [9.17, 15) is 9.90 Å². The Morgan fingerprint density at radius 1 is 1.60 bits per heavy atom. The molecule has 3 heterocycles. The average molecular weight is 281 g/mol. The van der Waals surface area contributed by atoms with Crippen molar-refractivity contribution in [2.75, 3.05) is 18.9 Å². The second-order valence-electron chi connectivity index (χ2n) is 4.79. The monoisotopic (exact) mass is 281 g/mol. The van der Waals surface area contributed by atoms with E-state index in [2.05, 4.69) is 15.0 Å². The molecule has 1 saturated heterocycles. The van der Waals surface area contributed by atoms with Crippen molar-refractivity contribution in [1.29, 1.82) is 0 Å². The summed E-state index contributed by atoms with van der Waals surface area (Å²) in [5.41, 5.74) is 5.67. The molecule has 9 heteroatoms. The molecule has 0 unspecified atom stereocenters. The van der Waals surface area contributed by atoms with Crippen LogP contribution in [0.1, 0.15) is 12.5 Å². The summed E-state index contributed by atoms with van der Waals surface area (Å²) in [6.45, 7) is 0.0611. The maximum absolute atomic E-state index is 11.7. The number of H-pyrrole nitrogens is 1. The molecule has 0 amide bonds. The minimum Gasteiger partial charge on any atom is -0.394 e. The molecule has 3 rings (SSSR count). The molecule has 1 aliphatic heterocycles. The lowest BCUT2D eigenvalue weighted by atomic mass is 10.0. The smallest absolute Gasteiger partial charge is 0.280 e. The number of rotatable bonds is 2. The van der Waals surface area contributed by atoms with Gasteiger partial charge in [0.1, 0.15) is 6.10 Å². The first-order chi connectivity index (χ1) is 9.60. The summed E-state index contributed by atoms with van der Waals surface area (Å²) in [5.74, 6) is 0.00904. The maximum Gasteiger partial charge on any atom is 0.280 e. The minimum absolute atomic E-state index is 0.00904. The van der Waals surface area contributed by atoms with E-state index in [4.69, 9.17) is 15.6 Å². The molecule has 0 aliphatic carbocycles. The van der Waals surface area contributed by atoms with Gasteiger partial charge in [0.05, 0.1) is 31.7 Å². The van der Waals surface area contributed by atoms with Gasteiger partial charge in [-0.1, -0.05) is 0 Å². The van der Waals surface area contributed by atoms with Crippen molar-refractivity contribution in [2.45, 2.75) is 24.7 Å². The fourth-order valence-electron chi connectivity index (χ4n) is 2.42. The van der Waals surface area contributed by atoms with Gasteiger partial charge in [0.15, 0.2) is 11.2 Å². The van der Waals surface area contributed by atoms with E-state index in [1.165, 1.54) is 6.33 Å². The summed E-state index contributed by atoms with van der Waals surface area (Å²) < 4.78 is 7.06. The highest BCUT2D eigenvalue weighted by atomic mass is 16.5. The zero-order valence-corrected chi connectivity index (χ0v) is 10.6. The number of fused-ring (bicyclic) bond motifs is 1. The molecule has 2 aromatic heterocycles. The summed E-state index contributed by atoms with van der Waals surface area (Å²) in [4.78, 5) is 22.2. The summed E-state index contributed by atoms with van der Waals surface area (Å²) in [6.07, 6.45) is 0.496. The molecule has 3 atom stereocenters. The molecule has 5 N–H and O–H groups in total. The second kappa shape index (κ2) is 4.85. The number of nitrogens with two attached hydrogens (primary N) is 1. The van der Waals surface area contributed by atoms with Crippen LogP contribution in [-0.4, -0.2) is 55.2 Å². The fraction of sp³-hybridized carbons (Fsp3) is 0.545. The number of imidazole rings is 1. The van der Waals surface area contributed by atoms with Crippen LogP contribution >= 0.6 is 0 Å². The summed E-state index contributed by atoms with van der Waals surface area (Å²) in [5, 5.41) is 18.9. The van der Waals surface area contributed by atoms with Gasteiger partial charge in [-0.05, 0) is 6.42 Å². The largest absolute Gasteiger partial charge is 0.394 e. The SMILES string of the molecule is Nc1nc2c(ncn2[C@H]2CO[C@@H](CO)[C@H](O)C2)c(=O)[nH]1. The van der Waals surface area contributed by atoms with E-state index < -0.39 is 17.8 Å². The number of aromatic amines is 1. The molecule has 9 nitrogen and oxygen atoms in total. The van der Waals surface area contributed by atoms with Crippen LogP contribution in [0.15, 0.2) is 11.1 Å². The van der Waals surface area contributed by atoms with Gasteiger partial charge in [0, 0.05) is 0 Å². The summed E-state index contributed by atoms with van der Waals surface area (Å²) >= 11 is 0. The Labute approximate surface area is 113 Å². The van der Waals surface area contributed by atoms with Crippen molar-refractivity contribution >= 4 is 17.1 Å². The molecule has 0 radical (unpaired) electrons. The third kappa shape index (κ3) is 2.05. The number of nitrogens with one attached hydrogen (secondary N) is 1. The summed E-state index contributed by atoms with van der Waals surface area (Å²) in [6, 6.07) is -0.216. The van der Waals surface area contributed by atoms with Gasteiger partial charge in [0.25, 0.3) is 5.56 Å². The Kier molecular flexibility index (Phi) is 3.16. The zero-order chi connectivity index (χ0) is 14.3. The van der Waals surface area contributed by atoms with Gasteiger partial charge in [-0.15, -0.1) is 0 Å². The third-order valence-electron chi connectivity index (χ3n) is 3.47. The number of aromatic nitrogens is 4. The first-order valence-electron chi connectivity index (χ1n) is 6.23. The molecule has 0 aromatic carbocycles. The molecular formula is C11H15N5O4. The Bertz CT molecular complexity index is 681. The van der Waals surface area contributed by atoms with Crippen LogP contribution in [0, 0.1) is 0 Å². The molecular weight excluding hydrogens is 266 g/mol. The second-order valence-corrected chi connectivity index (χ2v) is 4.79. The van der Waals surface area contributed by atoms with Crippen LogP contribution in [0.4, 0.5) is 5.95 Å². The van der Waals surface area contributed by atoms with Gasteiger partial charge in [-0.3, -0.25) is 9.78 Å². The average Bonchev–Trinajstić information content (AvgIpc) is 2.82. The number of aliphatic hydroxyl groups is 2. The van der Waals surface area contributed by atoms with Crippen molar-refractivity contribution < 1.29 is 14.9 Å². The molecule has 0 saturated carbocycles. The lowest BCUT2D eigenvalue weighted by molar-refractivity contribution is -0.112. The normalized spacial score (nSPS) is 27.0. The Hall–Kier alpha value is -1.97. The highest BCUT2D eigenvalue weighted by Crippen LogP contribution is 2.25. The van der Waals surface area contributed by atoms with Crippen molar-refractivity contribution in [3.8, 4) is 0 Å². The van der Waals surface area contributed by atoms with Crippen LogP contribution in [0.3, 0.4) is 0 Å². The standard InChI is InChI=1S/C11H15N5O4/c12-11-14-9-8(10(19)15-11)13-4-16(9)5-1-6(18)7(2-17)20-3-5/h4-7,17-18H,1-3H2,(H3,12,14,15,19)/t5-,6-,7+/m1/s1. The molecule has 1 aliphatic rings. The fourth-order valence-corrected chi connectivity index (χ4v) is 2.42. The number of nitrogens with zero attached hydrogens (tertiary/aromatic N) is 3. The van der Waals surface area contributed by atoms with Gasteiger partial charge >= 0.3 is 0 Å². The lowest BCUT2D eigenvalue weighted by Crippen LogP contribution is -2.41. The van der Waals surface area contributed by atoms with Crippen LogP contribution in [0.25, 0.3) is 11.2 Å². The summed E-state index contributed by atoms with van der Waals surface area (Å²) in [7, 11) is 0. The van der Waals surface area contributed by atoms with E-state index in [-0.39, 0.29) is 24.1 Å². The van der Waals surface area contributed by atoms with Crippen molar-refractivity contribution in [3.63, 3.8) is 0 Å². The first kappa shape index (κ1) is 13.0. The molecule has 2 aromatic rings. The Morgan fingerprint density at radius 2 is 2.40 bits per heavy atom. The van der Waals surface area contributed by atoms with Gasteiger partial charge < -0.3 is 25.3 Å². The van der Waals surface area contributed by atoms with Crippen LogP contribution in [-0.2, 0) is 4.74 Å². The predicted molar refractivity (Wildman–Crippen MR) is 69.0 cm³/mol. The number of nitrogen functional groups attached to an aromatic ring is 1. The zero-order valence-electron chi connectivity index (χ0n) is 10.6. The molecule has 0 spiro atoms. The number of hydrogen-bond acceptors (Lipinski definition) is 7. The van der Waals surface area contributed by atoms with Crippen LogP contribution < -0.4 is 11.3 Å². The number of anilines is 1. The van der Waals surface area contributed by atoms with Crippen molar-refractivity contribution in [1.82, 2.24) is 19.5 Å². The quantitative estimate of drug-likeness (QED) is 0.519. The number of aliphatic hydroxyl groups excluding tert-OH is 2. The van der Waals surface area contributed by atoms with Crippen LogP contribution in [0.2, 0.25) is 0 Å². The van der Waals surface area contributed by atoms with Gasteiger partial charge in [-0.25, -0.2) is 4.98 Å². The lowest BCUT2D eigenvalue weighted by Gasteiger charge is -2.32. The van der Waals surface area contributed by atoms with Gasteiger partial charge in [0.2, 0.25) is 5.95 Å².